The highest BCUT2D eigenvalue weighted by Crippen LogP contribution is 2.29. The molecule has 1 N–H and O–H groups in total. The third kappa shape index (κ3) is 3.78. The second-order valence-electron chi connectivity index (χ2n) is 6.75. The number of halogens is 1. The van der Waals surface area contributed by atoms with Gasteiger partial charge in [0.2, 0.25) is 5.91 Å². The number of hydrogen-bond acceptors (Lipinski definition) is 4. The van der Waals surface area contributed by atoms with E-state index in [1.165, 1.54) is 36.7 Å². The minimum atomic E-state index is -0.264. The number of rotatable bonds is 4. The van der Waals surface area contributed by atoms with Crippen LogP contribution in [0.5, 0.6) is 0 Å². The number of hydrogen-bond donors (Lipinski definition) is 1. The van der Waals surface area contributed by atoms with Gasteiger partial charge in [0.15, 0.2) is 5.16 Å². The zero-order chi connectivity index (χ0) is 17.9. The van der Waals surface area contributed by atoms with Crippen LogP contribution in [0.2, 0.25) is 0 Å². The standard InChI is InChI=1S/C19H22FN3O2S/c20-14-7-5-13(6-8-14)15-11-21-19(22-15)26-12-18(24)23-9-10-25-17-4-2-1-3-16(17)23/h5-8,11,16-17H,1-4,9-10,12H2,(H,21,22)/t16-,17+/m0/s1. The van der Waals surface area contributed by atoms with Crippen molar-refractivity contribution >= 4 is 17.7 Å². The monoisotopic (exact) mass is 375 g/mol. The van der Waals surface area contributed by atoms with Crippen LogP contribution in [0.3, 0.4) is 0 Å². The van der Waals surface area contributed by atoms with Crippen LogP contribution in [0, 0.1) is 5.82 Å². The van der Waals surface area contributed by atoms with Crippen LogP contribution < -0.4 is 0 Å². The largest absolute Gasteiger partial charge is 0.374 e. The topological polar surface area (TPSA) is 58.2 Å². The summed E-state index contributed by atoms with van der Waals surface area (Å²) in [5.74, 6) is 0.245. The molecule has 138 valence electrons. The molecule has 2 aromatic rings. The highest BCUT2D eigenvalue weighted by molar-refractivity contribution is 7.99. The van der Waals surface area contributed by atoms with Gasteiger partial charge in [-0.3, -0.25) is 4.79 Å². The van der Waals surface area contributed by atoms with E-state index in [1.807, 2.05) is 4.90 Å². The van der Waals surface area contributed by atoms with Crippen molar-refractivity contribution in [2.75, 3.05) is 18.9 Å². The summed E-state index contributed by atoms with van der Waals surface area (Å²) in [6.07, 6.45) is 6.38. The Bertz CT molecular complexity index is 762. The van der Waals surface area contributed by atoms with Crippen LogP contribution in [0.15, 0.2) is 35.6 Å². The fourth-order valence-electron chi connectivity index (χ4n) is 3.77. The number of imidazole rings is 1. The molecule has 1 aromatic carbocycles. The molecule has 5 nitrogen and oxygen atoms in total. The fraction of sp³-hybridized carbons (Fsp3) is 0.474. The van der Waals surface area contributed by atoms with Gasteiger partial charge in [-0.15, -0.1) is 0 Å². The third-order valence-corrected chi connectivity index (χ3v) is 5.96. The summed E-state index contributed by atoms with van der Waals surface area (Å²) in [6, 6.07) is 6.49. The van der Waals surface area contributed by atoms with E-state index >= 15 is 0 Å². The SMILES string of the molecule is O=C(CSc1ncc(-c2ccc(F)cc2)[nH]1)N1CCO[C@@H]2CCCC[C@@H]21. The van der Waals surface area contributed by atoms with Crippen LogP contribution in [0.25, 0.3) is 11.3 Å². The zero-order valence-corrected chi connectivity index (χ0v) is 15.3. The van der Waals surface area contributed by atoms with Gasteiger partial charge >= 0.3 is 0 Å². The maximum absolute atomic E-state index is 13.0. The molecule has 1 saturated carbocycles. The molecule has 0 bridgehead atoms. The molecule has 2 heterocycles. The van der Waals surface area contributed by atoms with Crippen LogP contribution in [-0.4, -0.2) is 51.8 Å². The number of carbonyl (C=O) groups is 1. The Hall–Kier alpha value is -1.86. The molecule has 1 saturated heterocycles. The molecule has 1 amide bonds. The Kier molecular flexibility index (Phi) is 5.26. The quantitative estimate of drug-likeness (QED) is 0.832. The average molecular weight is 375 g/mol. The van der Waals surface area contributed by atoms with Crippen molar-refractivity contribution in [3.8, 4) is 11.3 Å². The van der Waals surface area contributed by atoms with Crippen molar-refractivity contribution < 1.29 is 13.9 Å². The number of nitrogens with zero attached hydrogens (tertiary/aromatic N) is 2. The van der Waals surface area contributed by atoms with Crippen molar-refractivity contribution in [2.24, 2.45) is 0 Å². The van der Waals surface area contributed by atoms with Crippen LogP contribution >= 0.6 is 11.8 Å². The lowest BCUT2D eigenvalue weighted by Crippen LogP contribution is -2.55. The number of aromatic amines is 1. The van der Waals surface area contributed by atoms with Gasteiger partial charge in [-0.2, -0.15) is 0 Å². The highest BCUT2D eigenvalue weighted by Gasteiger charge is 2.36. The smallest absolute Gasteiger partial charge is 0.233 e. The number of morpholine rings is 1. The summed E-state index contributed by atoms with van der Waals surface area (Å²) in [5.41, 5.74) is 1.69. The molecule has 26 heavy (non-hydrogen) atoms. The molecule has 1 aromatic heterocycles. The number of benzene rings is 1. The molecule has 1 aliphatic heterocycles. The first-order valence-corrected chi connectivity index (χ1v) is 10.0. The van der Waals surface area contributed by atoms with Gasteiger partial charge in [0.05, 0.1) is 36.4 Å². The third-order valence-electron chi connectivity index (χ3n) is 5.09. The van der Waals surface area contributed by atoms with E-state index in [9.17, 15) is 9.18 Å². The number of fused-ring (bicyclic) bond motifs is 1. The first-order chi connectivity index (χ1) is 12.7. The number of ether oxygens (including phenoxy) is 1. The number of thioether (sulfide) groups is 1. The van der Waals surface area contributed by atoms with Crippen molar-refractivity contribution in [2.45, 2.75) is 43.0 Å². The number of nitrogens with one attached hydrogen (secondary N) is 1. The summed E-state index contributed by atoms with van der Waals surface area (Å²) < 4.78 is 18.9. The predicted octanol–water partition coefficient (Wildman–Crippen LogP) is 3.48. The lowest BCUT2D eigenvalue weighted by Gasteiger charge is -2.43. The minimum absolute atomic E-state index is 0.148. The maximum atomic E-state index is 13.0. The van der Waals surface area contributed by atoms with E-state index in [4.69, 9.17) is 4.74 Å². The number of amides is 1. The van der Waals surface area contributed by atoms with Crippen molar-refractivity contribution in [1.29, 1.82) is 0 Å². The normalized spacial score (nSPS) is 22.9. The fourth-order valence-corrected chi connectivity index (χ4v) is 4.51. The van der Waals surface area contributed by atoms with E-state index in [2.05, 4.69) is 9.97 Å². The molecular formula is C19H22FN3O2S. The highest BCUT2D eigenvalue weighted by atomic mass is 32.2. The average Bonchev–Trinajstić information content (AvgIpc) is 3.15. The second kappa shape index (κ2) is 7.80. The molecule has 7 heteroatoms. The molecular weight excluding hydrogens is 353 g/mol. The summed E-state index contributed by atoms with van der Waals surface area (Å²) in [4.78, 5) is 22.2. The number of carbonyl (C=O) groups excluding carboxylic acids is 1. The van der Waals surface area contributed by atoms with Crippen LogP contribution in [0.4, 0.5) is 4.39 Å². The lowest BCUT2D eigenvalue weighted by molar-refractivity contribution is -0.146. The molecule has 0 radical (unpaired) electrons. The number of aromatic nitrogens is 2. The molecule has 2 fully saturated rings. The molecule has 1 aliphatic carbocycles. The second-order valence-corrected chi connectivity index (χ2v) is 7.71. The zero-order valence-electron chi connectivity index (χ0n) is 14.5. The van der Waals surface area contributed by atoms with E-state index in [1.54, 1.807) is 18.3 Å². The van der Waals surface area contributed by atoms with E-state index in [-0.39, 0.29) is 23.9 Å². The van der Waals surface area contributed by atoms with E-state index < -0.39 is 0 Å². The Morgan fingerprint density at radius 2 is 2.12 bits per heavy atom. The summed E-state index contributed by atoms with van der Waals surface area (Å²) in [6.45, 7) is 1.31. The molecule has 2 aliphatic rings. The summed E-state index contributed by atoms with van der Waals surface area (Å²) in [5, 5.41) is 0.700. The van der Waals surface area contributed by atoms with Crippen molar-refractivity contribution in [3.63, 3.8) is 0 Å². The summed E-state index contributed by atoms with van der Waals surface area (Å²) >= 11 is 1.41. The first kappa shape index (κ1) is 17.5. The van der Waals surface area contributed by atoms with Crippen LogP contribution in [-0.2, 0) is 9.53 Å². The van der Waals surface area contributed by atoms with Gasteiger partial charge in [-0.05, 0) is 42.7 Å². The van der Waals surface area contributed by atoms with E-state index in [0.717, 1.165) is 24.1 Å². The summed E-state index contributed by atoms with van der Waals surface area (Å²) in [7, 11) is 0. The van der Waals surface area contributed by atoms with Crippen molar-refractivity contribution in [1.82, 2.24) is 14.9 Å². The van der Waals surface area contributed by atoms with Gasteiger partial charge in [0, 0.05) is 6.54 Å². The Balaban J connectivity index is 1.36. The Morgan fingerprint density at radius 1 is 1.31 bits per heavy atom. The van der Waals surface area contributed by atoms with Crippen molar-refractivity contribution in [3.05, 3.63) is 36.3 Å². The number of H-pyrrole nitrogens is 1. The Labute approximate surface area is 156 Å². The van der Waals surface area contributed by atoms with Crippen LogP contribution in [0.1, 0.15) is 25.7 Å². The lowest BCUT2D eigenvalue weighted by atomic mass is 9.90. The predicted molar refractivity (Wildman–Crippen MR) is 98.4 cm³/mol. The maximum Gasteiger partial charge on any atom is 0.233 e. The minimum Gasteiger partial charge on any atom is -0.374 e. The van der Waals surface area contributed by atoms with Gasteiger partial charge < -0.3 is 14.6 Å². The molecule has 2 atom stereocenters. The molecule has 0 unspecified atom stereocenters. The van der Waals surface area contributed by atoms with Gasteiger partial charge in [0.25, 0.3) is 0 Å². The first-order valence-electron chi connectivity index (χ1n) is 9.05. The van der Waals surface area contributed by atoms with E-state index in [0.29, 0.717) is 24.1 Å². The Morgan fingerprint density at radius 3 is 2.96 bits per heavy atom. The van der Waals surface area contributed by atoms with Gasteiger partial charge in [0.1, 0.15) is 5.82 Å². The molecule has 0 spiro atoms. The van der Waals surface area contributed by atoms with Gasteiger partial charge in [-0.1, -0.05) is 24.6 Å². The molecule has 4 rings (SSSR count). The van der Waals surface area contributed by atoms with Gasteiger partial charge in [-0.25, -0.2) is 9.37 Å².